The molecule has 3 rings (SSSR count). The molecular weight excluding hydrogens is 368 g/mol. The van der Waals surface area contributed by atoms with Crippen LogP contribution in [0.1, 0.15) is 30.5 Å². The number of rotatable bonds is 8. The zero-order valence-electron chi connectivity index (χ0n) is 17.2. The Hall–Kier alpha value is -3.02. The van der Waals surface area contributed by atoms with Crippen molar-refractivity contribution in [2.75, 3.05) is 27.3 Å². The molecule has 1 aliphatic rings. The van der Waals surface area contributed by atoms with Crippen molar-refractivity contribution >= 4 is 11.8 Å². The summed E-state index contributed by atoms with van der Waals surface area (Å²) in [5.41, 5.74) is 2.08. The number of nitrogens with zero attached hydrogens (tertiary/aromatic N) is 1. The molecule has 1 fully saturated rings. The number of carbonyl (C=O) groups excluding carboxylic acids is 2. The van der Waals surface area contributed by atoms with Gasteiger partial charge in [-0.05, 0) is 48.7 Å². The minimum absolute atomic E-state index is 0.0452. The van der Waals surface area contributed by atoms with E-state index < -0.39 is 0 Å². The second-order valence-corrected chi connectivity index (χ2v) is 7.22. The molecule has 0 radical (unpaired) electrons. The van der Waals surface area contributed by atoms with E-state index in [1.54, 1.807) is 19.1 Å². The first-order chi connectivity index (χ1) is 14.0. The van der Waals surface area contributed by atoms with E-state index in [9.17, 15) is 9.59 Å². The lowest BCUT2D eigenvalue weighted by Crippen LogP contribution is -2.36. The Morgan fingerprint density at radius 1 is 1.07 bits per heavy atom. The van der Waals surface area contributed by atoms with Gasteiger partial charge in [0.1, 0.15) is 11.5 Å². The molecule has 2 atom stereocenters. The second kappa shape index (κ2) is 9.45. The average molecular weight is 396 g/mol. The summed E-state index contributed by atoms with van der Waals surface area (Å²) < 4.78 is 10.5. The Morgan fingerprint density at radius 2 is 1.66 bits per heavy atom. The van der Waals surface area contributed by atoms with Crippen LogP contribution in [-0.4, -0.2) is 44.0 Å². The van der Waals surface area contributed by atoms with E-state index in [-0.39, 0.29) is 30.2 Å². The maximum atomic E-state index is 12.9. The lowest BCUT2D eigenvalue weighted by Gasteiger charge is -2.22. The Morgan fingerprint density at radius 3 is 2.17 bits per heavy atom. The van der Waals surface area contributed by atoms with Crippen molar-refractivity contribution in [3.8, 4) is 11.5 Å². The van der Waals surface area contributed by atoms with Crippen molar-refractivity contribution < 1.29 is 19.1 Å². The van der Waals surface area contributed by atoms with Crippen molar-refractivity contribution in [3.05, 3.63) is 59.7 Å². The first-order valence-corrected chi connectivity index (χ1v) is 9.89. The van der Waals surface area contributed by atoms with Crippen molar-refractivity contribution in [1.82, 2.24) is 10.2 Å². The van der Waals surface area contributed by atoms with Gasteiger partial charge in [-0.2, -0.15) is 0 Å². The van der Waals surface area contributed by atoms with Crippen molar-refractivity contribution in [2.24, 2.45) is 5.92 Å². The zero-order chi connectivity index (χ0) is 20.8. The van der Waals surface area contributed by atoms with Crippen LogP contribution in [0.2, 0.25) is 0 Å². The molecule has 2 unspecified atom stereocenters. The first kappa shape index (κ1) is 20.7. The molecular formula is C23H28N2O4. The minimum Gasteiger partial charge on any atom is -0.497 e. The van der Waals surface area contributed by atoms with Crippen molar-refractivity contribution in [1.29, 1.82) is 0 Å². The highest BCUT2D eigenvalue weighted by atomic mass is 16.5. The number of benzene rings is 2. The number of nitrogens with one attached hydrogen (secondary N) is 1. The van der Waals surface area contributed by atoms with Gasteiger partial charge in [-0.3, -0.25) is 9.59 Å². The van der Waals surface area contributed by atoms with Crippen LogP contribution in [0.25, 0.3) is 0 Å². The van der Waals surface area contributed by atoms with Crippen LogP contribution in [0.3, 0.4) is 0 Å². The predicted molar refractivity (Wildman–Crippen MR) is 111 cm³/mol. The molecule has 2 amide bonds. The van der Waals surface area contributed by atoms with E-state index in [2.05, 4.69) is 5.32 Å². The molecule has 6 heteroatoms. The highest BCUT2D eigenvalue weighted by Gasteiger charge is 2.34. The molecule has 1 N–H and O–H groups in total. The normalized spacial score (nSPS) is 17.1. The average Bonchev–Trinajstić information content (AvgIpc) is 3.14. The summed E-state index contributed by atoms with van der Waals surface area (Å²) in [4.78, 5) is 26.7. The third kappa shape index (κ3) is 5.08. The fourth-order valence-electron chi connectivity index (χ4n) is 3.63. The van der Waals surface area contributed by atoms with E-state index in [4.69, 9.17) is 9.47 Å². The van der Waals surface area contributed by atoms with Crippen LogP contribution in [0.15, 0.2) is 48.5 Å². The zero-order valence-corrected chi connectivity index (χ0v) is 17.2. The standard InChI is InChI=1S/C23H28N2O4/c1-4-25-15-18(14-22(25)26)23(27)24-21(17-7-11-20(29-3)12-8-17)13-16-5-9-19(28-2)10-6-16/h5-12,18,21H,4,13-15H2,1-3H3,(H,24,27). The second-order valence-electron chi connectivity index (χ2n) is 7.22. The van der Waals surface area contributed by atoms with Crippen LogP contribution in [0, 0.1) is 5.92 Å². The van der Waals surface area contributed by atoms with E-state index in [0.717, 1.165) is 22.6 Å². The molecule has 6 nitrogen and oxygen atoms in total. The van der Waals surface area contributed by atoms with Gasteiger partial charge < -0.3 is 19.7 Å². The van der Waals surface area contributed by atoms with E-state index >= 15 is 0 Å². The van der Waals surface area contributed by atoms with Gasteiger partial charge in [-0.1, -0.05) is 24.3 Å². The molecule has 2 aromatic carbocycles. The molecule has 0 bridgehead atoms. The molecule has 0 spiro atoms. The van der Waals surface area contributed by atoms with E-state index in [1.807, 2.05) is 55.5 Å². The maximum Gasteiger partial charge on any atom is 0.225 e. The highest BCUT2D eigenvalue weighted by Crippen LogP contribution is 2.25. The highest BCUT2D eigenvalue weighted by molar-refractivity contribution is 5.89. The van der Waals surface area contributed by atoms with E-state index in [0.29, 0.717) is 19.5 Å². The summed E-state index contributed by atoms with van der Waals surface area (Å²) in [5, 5.41) is 3.17. The number of amides is 2. The van der Waals surface area contributed by atoms with Gasteiger partial charge >= 0.3 is 0 Å². The number of hydrogen-bond donors (Lipinski definition) is 1. The van der Waals surface area contributed by atoms with Crippen LogP contribution in [0.5, 0.6) is 11.5 Å². The molecule has 0 aromatic heterocycles. The number of methoxy groups -OCH3 is 2. The first-order valence-electron chi connectivity index (χ1n) is 9.89. The fraction of sp³-hybridized carbons (Fsp3) is 0.391. The Bertz CT molecular complexity index is 833. The largest absolute Gasteiger partial charge is 0.497 e. The Labute approximate surface area is 171 Å². The minimum atomic E-state index is -0.306. The van der Waals surface area contributed by atoms with Gasteiger partial charge in [-0.25, -0.2) is 0 Å². The summed E-state index contributed by atoms with van der Waals surface area (Å²) in [6, 6.07) is 15.3. The van der Waals surface area contributed by atoms with Gasteiger partial charge in [0.2, 0.25) is 11.8 Å². The Balaban J connectivity index is 1.77. The maximum absolute atomic E-state index is 12.9. The van der Waals surface area contributed by atoms with E-state index in [1.165, 1.54) is 0 Å². The quantitative estimate of drug-likeness (QED) is 0.745. The molecule has 0 aliphatic carbocycles. The number of carbonyl (C=O) groups is 2. The molecule has 1 heterocycles. The molecule has 154 valence electrons. The van der Waals surface area contributed by atoms with Crippen molar-refractivity contribution in [2.45, 2.75) is 25.8 Å². The predicted octanol–water partition coefficient (Wildman–Crippen LogP) is 2.97. The molecule has 0 saturated carbocycles. The van der Waals surface area contributed by atoms with Crippen LogP contribution in [0.4, 0.5) is 0 Å². The van der Waals surface area contributed by atoms with Gasteiger partial charge in [-0.15, -0.1) is 0 Å². The monoisotopic (exact) mass is 396 g/mol. The topological polar surface area (TPSA) is 67.9 Å². The number of likely N-dealkylation sites (tertiary alicyclic amines) is 1. The summed E-state index contributed by atoms with van der Waals surface area (Å²) in [6.45, 7) is 3.05. The SMILES string of the molecule is CCN1CC(C(=O)NC(Cc2ccc(OC)cc2)c2ccc(OC)cc2)CC1=O. The molecule has 29 heavy (non-hydrogen) atoms. The summed E-state index contributed by atoms with van der Waals surface area (Å²) in [7, 11) is 3.26. The smallest absolute Gasteiger partial charge is 0.225 e. The number of hydrogen-bond acceptors (Lipinski definition) is 4. The molecule has 1 aliphatic heterocycles. The summed E-state index contributed by atoms with van der Waals surface area (Å²) in [5.74, 6) is 1.22. The van der Waals surface area contributed by atoms with Gasteiger partial charge in [0.15, 0.2) is 0 Å². The molecule has 1 saturated heterocycles. The Kier molecular flexibility index (Phi) is 6.75. The number of ether oxygens (including phenoxy) is 2. The van der Waals surface area contributed by atoms with Crippen LogP contribution < -0.4 is 14.8 Å². The lowest BCUT2D eigenvalue weighted by molar-refractivity contribution is -0.129. The third-order valence-electron chi connectivity index (χ3n) is 5.40. The van der Waals surface area contributed by atoms with Gasteiger partial charge in [0.25, 0.3) is 0 Å². The van der Waals surface area contributed by atoms with Gasteiger partial charge in [0.05, 0.1) is 26.2 Å². The third-order valence-corrected chi connectivity index (χ3v) is 5.40. The molecule has 2 aromatic rings. The van der Waals surface area contributed by atoms with Crippen LogP contribution in [-0.2, 0) is 16.0 Å². The van der Waals surface area contributed by atoms with Crippen molar-refractivity contribution in [3.63, 3.8) is 0 Å². The lowest BCUT2D eigenvalue weighted by atomic mass is 9.97. The summed E-state index contributed by atoms with van der Waals surface area (Å²) >= 11 is 0. The van der Waals surface area contributed by atoms with Gasteiger partial charge in [0, 0.05) is 19.5 Å². The summed E-state index contributed by atoms with van der Waals surface area (Å²) in [6.07, 6.45) is 0.914. The fourth-order valence-corrected chi connectivity index (χ4v) is 3.63. The van der Waals surface area contributed by atoms with Crippen LogP contribution >= 0.6 is 0 Å².